The number of methoxy groups -OCH3 is 1. The molecule has 0 saturated heterocycles. The molecule has 2 rings (SSSR count). The van der Waals surface area contributed by atoms with Gasteiger partial charge >= 0.3 is 0 Å². The van der Waals surface area contributed by atoms with Crippen LogP contribution in [0.4, 0.5) is 0 Å². The molecule has 0 amide bonds. The highest BCUT2D eigenvalue weighted by atomic mass is 16.5. The summed E-state index contributed by atoms with van der Waals surface area (Å²) in [6.07, 6.45) is 2.99. The molecule has 0 unspecified atom stereocenters. The van der Waals surface area contributed by atoms with Crippen molar-refractivity contribution in [2.24, 2.45) is 0 Å². The van der Waals surface area contributed by atoms with Gasteiger partial charge in [-0.3, -0.25) is 0 Å². The van der Waals surface area contributed by atoms with Crippen molar-refractivity contribution in [3.05, 3.63) is 42.0 Å². The molecule has 0 aliphatic rings. The molecule has 1 aromatic heterocycles. The van der Waals surface area contributed by atoms with Gasteiger partial charge in [-0.15, -0.1) is 0 Å². The number of hydrogen-bond acceptors (Lipinski definition) is 4. The second-order valence-corrected chi connectivity index (χ2v) is 5.25. The summed E-state index contributed by atoms with van der Waals surface area (Å²) in [4.78, 5) is 4.16. The molecule has 1 N–H and O–H groups in total. The Labute approximate surface area is 125 Å². The lowest BCUT2D eigenvalue weighted by molar-refractivity contribution is 0.189. The summed E-state index contributed by atoms with van der Waals surface area (Å²) in [5.41, 5.74) is 1.73. The van der Waals surface area contributed by atoms with Crippen molar-refractivity contribution in [2.75, 3.05) is 7.11 Å². The Morgan fingerprint density at radius 1 is 1.29 bits per heavy atom. The molecule has 1 aromatic carbocycles. The Morgan fingerprint density at radius 2 is 2.05 bits per heavy atom. The summed E-state index contributed by atoms with van der Waals surface area (Å²) in [5, 5.41) is 9.83. The van der Waals surface area contributed by atoms with Gasteiger partial charge in [0.15, 0.2) is 0 Å². The summed E-state index contributed by atoms with van der Waals surface area (Å²) in [5.74, 6) is 1.33. The molecule has 2 aromatic rings. The molecule has 5 nitrogen and oxygen atoms in total. The molecule has 0 saturated carbocycles. The Bertz CT molecular complexity index is 591. The average molecular weight is 290 g/mol. The number of aliphatic hydroxyl groups is 1. The second-order valence-electron chi connectivity index (χ2n) is 5.25. The van der Waals surface area contributed by atoms with Crippen molar-refractivity contribution >= 4 is 0 Å². The highest BCUT2D eigenvalue weighted by Gasteiger charge is 2.12. The first kappa shape index (κ1) is 15.4. The van der Waals surface area contributed by atoms with Crippen LogP contribution in [-0.2, 0) is 6.61 Å². The Hall–Kier alpha value is -2.01. The maximum atomic E-state index is 9.83. The second kappa shape index (κ2) is 6.63. The minimum Gasteiger partial charge on any atom is -0.497 e. The molecule has 0 aliphatic carbocycles. The van der Waals surface area contributed by atoms with Crippen LogP contribution >= 0.6 is 0 Å². The van der Waals surface area contributed by atoms with Gasteiger partial charge < -0.3 is 19.1 Å². The van der Waals surface area contributed by atoms with Gasteiger partial charge in [0, 0.05) is 17.7 Å². The van der Waals surface area contributed by atoms with Gasteiger partial charge in [0.25, 0.3) is 0 Å². The molecular weight excluding hydrogens is 268 g/mol. The Balaban J connectivity index is 2.20. The standard InChI is InChI=1S/C16H22N2O3/c1-11(2)18-10-17-8-13(18)9-21-16-7-14(20-4)5-6-15(16)12(3)19/h5-8,10-12,19H,9H2,1-4H3/t12-/m1/s1. The van der Waals surface area contributed by atoms with Crippen molar-refractivity contribution in [1.29, 1.82) is 0 Å². The Morgan fingerprint density at radius 3 is 2.67 bits per heavy atom. The number of aliphatic hydroxyl groups excluding tert-OH is 1. The smallest absolute Gasteiger partial charge is 0.130 e. The van der Waals surface area contributed by atoms with Crippen molar-refractivity contribution in [3.63, 3.8) is 0 Å². The minimum absolute atomic E-state index is 0.327. The normalized spacial score (nSPS) is 12.5. The molecule has 114 valence electrons. The van der Waals surface area contributed by atoms with Crippen LogP contribution in [0.5, 0.6) is 11.5 Å². The summed E-state index contributed by atoms with van der Waals surface area (Å²) in [6, 6.07) is 5.75. The van der Waals surface area contributed by atoms with Crippen molar-refractivity contribution in [2.45, 2.75) is 39.5 Å². The van der Waals surface area contributed by atoms with Crippen LogP contribution in [0.2, 0.25) is 0 Å². The third-order valence-corrected chi connectivity index (χ3v) is 3.35. The molecule has 1 heterocycles. The van der Waals surface area contributed by atoms with Crippen LogP contribution in [0.15, 0.2) is 30.7 Å². The predicted octanol–water partition coefficient (Wildman–Crippen LogP) is 3.10. The van der Waals surface area contributed by atoms with Crippen LogP contribution in [-0.4, -0.2) is 21.8 Å². The molecular formula is C16H22N2O3. The fourth-order valence-electron chi connectivity index (χ4n) is 2.17. The monoisotopic (exact) mass is 290 g/mol. The van der Waals surface area contributed by atoms with E-state index < -0.39 is 6.10 Å². The fraction of sp³-hybridized carbons (Fsp3) is 0.438. The van der Waals surface area contributed by atoms with E-state index in [1.54, 1.807) is 32.6 Å². The van der Waals surface area contributed by atoms with Crippen molar-refractivity contribution in [1.82, 2.24) is 9.55 Å². The number of aromatic nitrogens is 2. The van der Waals surface area contributed by atoms with Crippen LogP contribution in [0.3, 0.4) is 0 Å². The SMILES string of the molecule is COc1ccc([C@@H](C)O)c(OCc2cncn2C(C)C)c1. The Kier molecular flexibility index (Phi) is 4.85. The molecule has 0 bridgehead atoms. The summed E-state index contributed by atoms with van der Waals surface area (Å²) >= 11 is 0. The lowest BCUT2D eigenvalue weighted by atomic mass is 10.1. The quantitative estimate of drug-likeness (QED) is 0.888. The average Bonchev–Trinajstić information content (AvgIpc) is 2.93. The molecule has 21 heavy (non-hydrogen) atoms. The molecule has 1 atom stereocenters. The molecule has 0 aliphatic heterocycles. The number of rotatable bonds is 6. The fourth-order valence-corrected chi connectivity index (χ4v) is 2.17. The van der Waals surface area contributed by atoms with Gasteiger partial charge in [-0.25, -0.2) is 4.98 Å². The first-order valence-electron chi connectivity index (χ1n) is 7.02. The van der Waals surface area contributed by atoms with Crippen LogP contribution in [0.25, 0.3) is 0 Å². The first-order valence-corrected chi connectivity index (χ1v) is 7.02. The van der Waals surface area contributed by atoms with Gasteiger partial charge in [0.2, 0.25) is 0 Å². The van der Waals surface area contributed by atoms with Crippen LogP contribution in [0, 0.1) is 0 Å². The van der Waals surface area contributed by atoms with Gasteiger partial charge in [0.1, 0.15) is 18.1 Å². The molecule has 0 fully saturated rings. The van der Waals surface area contributed by atoms with E-state index >= 15 is 0 Å². The van der Waals surface area contributed by atoms with Gasteiger partial charge in [-0.2, -0.15) is 0 Å². The highest BCUT2D eigenvalue weighted by molar-refractivity contribution is 5.41. The summed E-state index contributed by atoms with van der Waals surface area (Å²) in [6.45, 7) is 6.30. The van der Waals surface area contributed by atoms with E-state index in [1.807, 2.05) is 12.1 Å². The summed E-state index contributed by atoms with van der Waals surface area (Å²) < 4.78 is 13.1. The zero-order valence-corrected chi connectivity index (χ0v) is 12.9. The number of nitrogens with zero attached hydrogens (tertiary/aromatic N) is 2. The van der Waals surface area contributed by atoms with Crippen molar-refractivity contribution in [3.8, 4) is 11.5 Å². The van der Waals surface area contributed by atoms with E-state index in [-0.39, 0.29) is 0 Å². The van der Waals surface area contributed by atoms with Gasteiger partial charge in [0.05, 0.1) is 31.4 Å². The maximum Gasteiger partial charge on any atom is 0.130 e. The van der Waals surface area contributed by atoms with E-state index in [0.29, 0.717) is 24.1 Å². The zero-order chi connectivity index (χ0) is 15.4. The number of hydrogen-bond donors (Lipinski definition) is 1. The number of benzene rings is 1. The van der Waals surface area contributed by atoms with E-state index in [1.165, 1.54) is 0 Å². The molecule has 0 spiro atoms. The van der Waals surface area contributed by atoms with Crippen LogP contribution in [0.1, 0.15) is 44.2 Å². The number of imidazole rings is 1. The predicted molar refractivity (Wildman–Crippen MR) is 80.6 cm³/mol. The van der Waals surface area contributed by atoms with Crippen molar-refractivity contribution < 1.29 is 14.6 Å². The van der Waals surface area contributed by atoms with E-state index in [9.17, 15) is 5.11 Å². The highest BCUT2D eigenvalue weighted by Crippen LogP contribution is 2.30. The maximum absolute atomic E-state index is 9.83. The largest absolute Gasteiger partial charge is 0.497 e. The number of ether oxygens (including phenoxy) is 2. The van der Waals surface area contributed by atoms with Crippen LogP contribution < -0.4 is 9.47 Å². The molecule has 0 radical (unpaired) electrons. The zero-order valence-electron chi connectivity index (χ0n) is 12.9. The third-order valence-electron chi connectivity index (χ3n) is 3.35. The van der Waals surface area contributed by atoms with Gasteiger partial charge in [-0.05, 0) is 32.9 Å². The van der Waals surface area contributed by atoms with Gasteiger partial charge in [-0.1, -0.05) is 0 Å². The van der Waals surface area contributed by atoms with E-state index in [4.69, 9.17) is 9.47 Å². The van der Waals surface area contributed by atoms with E-state index in [2.05, 4.69) is 23.4 Å². The van der Waals surface area contributed by atoms with E-state index in [0.717, 1.165) is 11.3 Å². The lowest BCUT2D eigenvalue weighted by Gasteiger charge is -2.16. The summed E-state index contributed by atoms with van der Waals surface area (Å²) in [7, 11) is 1.61. The third kappa shape index (κ3) is 3.55. The topological polar surface area (TPSA) is 56.5 Å². The molecule has 5 heteroatoms. The minimum atomic E-state index is -0.596. The first-order chi connectivity index (χ1) is 10.0. The lowest BCUT2D eigenvalue weighted by Crippen LogP contribution is -2.08.